The third-order valence-electron chi connectivity index (χ3n) is 1.87. The summed E-state index contributed by atoms with van der Waals surface area (Å²) in [6.07, 6.45) is 6.93. The first-order chi connectivity index (χ1) is 6.42. The second kappa shape index (κ2) is 3.49. The van der Waals surface area contributed by atoms with Gasteiger partial charge in [0.25, 0.3) is 5.78 Å². The van der Waals surface area contributed by atoms with Crippen LogP contribution in [0.15, 0.2) is 18.6 Å². The Hall–Kier alpha value is -1.49. The zero-order chi connectivity index (χ0) is 9.10. The lowest BCUT2D eigenvalue weighted by Gasteiger charge is -1.96. The molecule has 0 fully saturated rings. The van der Waals surface area contributed by atoms with Gasteiger partial charge in [0.15, 0.2) is 0 Å². The molecule has 2 heterocycles. The van der Waals surface area contributed by atoms with E-state index in [0.29, 0.717) is 12.3 Å². The second-order valence-corrected chi connectivity index (χ2v) is 2.80. The van der Waals surface area contributed by atoms with Crippen molar-refractivity contribution in [1.82, 2.24) is 19.6 Å². The van der Waals surface area contributed by atoms with Crippen LogP contribution in [0.4, 0.5) is 0 Å². The summed E-state index contributed by atoms with van der Waals surface area (Å²) >= 11 is 0. The van der Waals surface area contributed by atoms with Crippen LogP contribution in [0.5, 0.6) is 0 Å². The Morgan fingerprint density at radius 2 is 2.23 bits per heavy atom. The van der Waals surface area contributed by atoms with Crippen LogP contribution in [0.2, 0.25) is 0 Å². The van der Waals surface area contributed by atoms with E-state index in [0.717, 1.165) is 18.5 Å². The molecule has 2 rings (SSSR count). The smallest absolute Gasteiger partial charge is 0.250 e. The SMILES string of the molecule is NCCCc1cnc2nccnn12. The Kier molecular flexibility index (Phi) is 2.18. The van der Waals surface area contributed by atoms with Gasteiger partial charge < -0.3 is 5.73 Å². The largest absolute Gasteiger partial charge is 0.330 e. The molecule has 0 amide bonds. The number of fused-ring (bicyclic) bond motifs is 1. The Morgan fingerprint density at radius 3 is 3.08 bits per heavy atom. The topological polar surface area (TPSA) is 69.1 Å². The molecule has 0 radical (unpaired) electrons. The summed E-state index contributed by atoms with van der Waals surface area (Å²) in [4.78, 5) is 8.19. The minimum absolute atomic E-state index is 0.648. The molecule has 0 saturated carbocycles. The van der Waals surface area contributed by atoms with Crippen LogP contribution in [0.3, 0.4) is 0 Å². The monoisotopic (exact) mass is 177 g/mol. The lowest BCUT2D eigenvalue weighted by Crippen LogP contribution is -2.03. The summed E-state index contributed by atoms with van der Waals surface area (Å²) < 4.78 is 1.75. The average Bonchev–Trinajstić information content (AvgIpc) is 2.58. The van der Waals surface area contributed by atoms with Crippen molar-refractivity contribution in [2.45, 2.75) is 12.8 Å². The number of nitrogens with zero attached hydrogens (tertiary/aromatic N) is 4. The van der Waals surface area contributed by atoms with Gasteiger partial charge in [0.1, 0.15) is 0 Å². The fraction of sp³-hybridized carbons (Fsp3) is 0.375. The summed E-state index contributed by atoms with van der Waals surface area (Å²) in [5.41, 5.74) is 6.49. The molecular weight excluding hydrogens is 166 g/mol. The van der Waals surface area contributed by atoms with Gasteiger partial charge in [0, 0.05) is 0 Å². The van der Waals surface area contributed by atoms with Crippen molar-refractivity contribution < 1.29 is 0 Å². The Balaban J connectivity index is 2.35. The van der Waals surface area contributed by atoms with Gasteiger partial charge in [-0.1, -0.05) is 0 Å². The average molecular weight is 177 g/mol. The number of hydrogen-bond donors (Lipinski definition) is 1. The summed E-state index contributed by atoms with van der Waals surface area (Å²) in [5, 5.41) is 4.14. The molecule has 0 aromatic carbocycles. The first-order valence-corrected chi connectivity index (χ1v) is 4.25. The first kappa shape index (κ1) is 8.12. The van der Waals surface area contributed by atoms with Crippen molar-refractivity contribution in [1.29, 1.82) is 0 Å². The fourth-order valence-electron chi connectivity index (χ4n) is 1.23. The van der Waals surface area contributed by atoms with Crippen molar-refractivity contribution >= 4 is 5.78 Å². The molecule has 0 atom stereocenters. The number of imidazole rings is 1. The van der Waals surface area contributed by atoms with Crippen molar-refractivity contribution in [3.63, 3.8) is 0 Å². The molecule has 2 N–H and O–H groups in total. The number of aromatic nitrogens is 4. The van der Waals surface area contributed by atoms with Crippen LogP contribution in [-0.2, 0) is 6.42 Å². The first-order valence-electron chi connectivity index (χ1n) is 4.25. The van der Waals surface area contributed by atoms with Gasteiger partial charge in [-0.25, -0.2) is 14.5 Å². The minimum Gasteiger partial charge on any atom is -0.330 e. The van der Waals surface area contributed by atoms with E-state index in [1.165, 1.54) is 0 Å². The highest BCUT2D eigenvalue weighted by molar-refractivity contribution is 5.27. The quantitative estimate of drug-likeness (QED) is 0.717. The number of aryl methyl sites for hydroxylation is 1. The molecule has 68 valence electrons. The van der Waals surface area contributed by atoms with E-state index in [9.17, 15) is 0 Å². The molecule has 0 saturated heterocycles. The van der Waals surface area contributed by atoms with E-state index in [4.69, 9.17) is 5.73 Å². The van der Waals surface area contributed by atoms with Gasteiger partial charge in [-0.3, -0.25) is 0 Å². The molecule has 0 aliphatic heterocycles. The summed E-state index contributed by atoms with van der Waals surface area (Å²) in [7, 11) is 0. The van der Waals surface area contributed by atoms with Gasteiger partial charge in [-0.15, -0.1) is 0 Å². The molecule has 2 aromatic heterocycles. The molecule has 0 aliphatic rings. The standard InChI is InChI=1S/C8H11N5/c9-3-1-2-7-6-11-8-10-4-5-12-13(7)8/h4-6H,1-3,9H2. The van der Waals surface area contributed by atoms with E-state index < -0.39 is 0 Å². The molecule has 13 heavy (non-hydrogen) atoms. The minimum atomic E-state index is 0.648. The lowest BCUT2D eigenvalue weighted by atomic mass is 10.2. The fourth-order valence-corrected chi connectivity index (χ4v) is 1.23. The van der Waals surface area contributed by atoms with Crippen LogP contribution in [0.25, 0.3) is 5.78 Å². The van der Waals surface area contributed by atoms with Crippen molar-refractivity contribution in [2.75, 3.05) is 6.54 Å². The van der Waals surface area contributed by atoms with Gasteiger partial charge >= 0.3 is 0 Å². The van der Waals surface area contributed by atoms with Crippen molar-refractivity contribution in [3.8, 4) is 0 Å². The van der Waals surface area contributed by atoms with Gasteiger partial charge in [-0.2, -0.15) is 5.10 Å². The summed E-state index contributed by atoms with van der Waals surface area (Å²) in [6, 6.07) is 0. The normalized spacial score (nSPS) is 10.8. The molecule has 0 spiro atoms. The summed E-state index contributed by atoms with van der Waals surface area (Å²) in [5.74, 6) is 0.648. The van der Waals surface area contributed by atoms with E-state index >= 15 is 0 Å². The third kappa shape index (κ3) is 1.50. The highest BCUT2D eigenvalue weighted by Crippen LogP contribution is 2.03. The number of nitrogens with two attached hydrogens (primary N) is 1. The predicted molar refractivity (Wildman–Crippen MR) is 48.2 cm³/mol. The van der Waals surface area contributed by atoms with Crippen LogP contribution < -0.4 is 5.73 Å². The van der Waals surface area contributed by atoms with Crippen LogP contribution in [0, 0.1) is 0 Å². The van der Waals surface area contributed by atoms with Gasteiger partial charge in [0.05, 0.1) is 24.3 Å². The van der Waals surface area contributed by atoms with Gasteiger partial charge in [0.2, 0.25) is 0 Å². The van der Waals surface area contributed by atoms with Crippen LogP contribution in [-0.4, -0.2) is 26.1 Å². The zero-order valence-corrected chi connectivity index (χ0v) is 7.22. The second-order valence-electron chi connectivity index (χ2n) is 2.80. The molecule has 5 heteroatoms. The van der Waals surface area contributed by atoms with E-state index in [1.807, 2.05) is 0 Å². The van der Waals surface area contributed by atoms with Crippen LogP contribution >= 0.6 is 0 Å². The van der Waals surface area contributed by atoms with E-state index in [-0.39, 0.29) is 0 Å². The molecule has 2 aromatic rings. The highest BCUT2D eigenvalue weighted by atomic mass is 15.3. The summed E-state index contributed by atoms with van der Waals surface area (Å²) in [6.45, 7) is 0.688. The third-order valence-corrected chi connectivity index (χ3v) is 1.87. The Bertz CT molecular complexity index is 394. The maximum atomic E-state index is 5.42. The van der Waals surface area contributed by atoms with Crippen molar-refractivity contribution in [3.05, 3.63) is 24.3 Å². The zero-order valence-electron chi connectivity index (χ0n) is 7.22. The van der Waals surface area contributed by atoms with Crippen molar-refractivity contribution in [2.24, 2.45) is 5.73 Å². The van der Waals surface area contributed by atoms with E-state index in [1.54, 1.807) is 23.1 Å². The lowest BCUT2D eigenvalue weighted by molar-refractivity contribution is 0.762. The Labute approximate surface area is 75.6 Å². The molecule has 0 bridgehead atoms. The Morgan fingerprint density at radius 1 is 1.31 bits per heavy atom. The maximum Gasteiger partial charge on any atom is 0.250 e. The molecule has 0 unspecified atom stereocenters. The molecule has 5 nitrogen and oxygen atoms in total. The molecule has 0 aliphatic carbocycles. The highest BCUT2D eigenvalue weighted by Gasteiger charge is 2.02. The van der Waals surface area contributed by atoms with Crippen LogP contribution in [0.1, 0.15) is 12.1 Å². The number of hydrogen-bond acceptors (Lipinski definition) is 4. The number of rotatable bonds is 3. The van der Waals surface area contributed by atoms with Gasteiger partial charge in [-0.05, 0) is 19.4 Å². The predicted octanol–water partition coefficient (Wildman–Crippen LogP) is 0.0156. The molecular formula is C8H11N5. The van der Waals surface area contributed by atoms with E-state index in [2.05, 4.69) is 15.1 Å². The maximum absolute atomic E-state index is 5.42.